The fourth-order valence-corrected chi connectivity index (χ4v) is 2.81. The monoisotopic (exact) mass is 247 g/mol. The Labute approximate surface area is 106 Å². The summed E-state index contributed by atoms with van der Waals surface area (Å²) >= 11 is 0. The molecule has 1 N–H and O–H groups in total. The molecule has 96 valence electrons. The molecule has 18 heavy (non-hydrogen) atoms. The number of aliphatic hydroxyl groups is 1. The quantitative estimate of drug-likeness (QED) is 0.812. The first-order valence-electron chi connectivity index (χ1n) is 6.44. The molecular weight excluding hydrogens is 230 g/mol. The van der Waals surface area contributed by atoms with Crippen molar-refractivity contribution in [2.75, 3.05) is 0 Å². The number of aliphatic hydroxyl groups excluding tert-OH is 1. The first kappa shape index (κ1) is 11.5. The van der Waals surface area contributed by atoms with Crippen molar-refractivity contribution in [1.29, 1.82) is 0 Å². The van der Waals surface area contributed by atoms with E-state index in [4.69, 9.17) is 4.74 Å². The summed E-state index contributed by atoms with van der Waals surface area (Å²) in [5.74, 6) is 0. The summed E-state index contributed by atoms with van der Waals surface area (Å²) in [4.78, 5) is 13.6. The molecule has 4 nitrogen and oxygen atoms in total. The van der Waals surface area contributed by atoms with Gasteiger partial charge in [-0.05, 0) is 24.8 Å². The van der Waals surface area contributed by atoms with Crippen molar-refractivity contribution in [3.63, 3.8) is 0 Å². The first-order valence-corrected chi connectivity index (χ1v) is 6.44. The Morgan fingerprint density at radius 1 is 1.33 bits per heavy atom. The molecule has 0 aromatic heterocycles. The summed E-state index contributed by atoms with van der Waals surface area (Å²) in [5.41, 5.74) is 0.983. The van der Waals surface area contributed by atoms with Gasteiger partial charge in [-0.25, -0.2) is 4.79 Å². The zero-order chi connectivity index (χ0) is 12.5. The fraction of sp³-hybridized carbons (Fsp3) is 0.500. The zero-order valence-corrected chi connectivity index (χ0v) is 10.2. The van der Waals surface area contributed by atoms with Gasteiger partial charge in [0, 0.05) is 0 Å². The third-order valence-corrected chi connectivity index (χ3v) is 3.79. The predicted octanol–water partition coefficient (Wildman–Crippen LogP) is 1.92. The summed E-state index contributed by atoms with van der Waals surface area (Å²) in [5, 5.41) is 9.77. The average molecular weight is 247 g/mol. The molecule has 2 aliphatic rings. The van der Waals surface area contributed by atoms with Gasteiger partial charge in [-0.3, -0.25) is 4.90 Å². The predicted molar refractivity (Wildman–Crippen MR) is 65.9 cm³/mol. The van der Waals surface area contributed by atoms with Gasteiger partial charge in [-0.1, -0.05) is 30.3 Å². The highest BCUT2D eigenvalue weighted by atomic mass is 16.6. The van der Waals surface area contributed by atoms with Crippen LogP contribution < -0.4 is 0 Å². The van der Waals surface area contributed by atoms with Crippen LogP contribution in [0.3, 0.4) is 0 Å². The van der Waals surface area contributed by atoms with Crippen molar-refractivity contribution in [2.24, 2.45) is 0 Å². The van der Waals surface area contributed by atoms with Gasteiger partial charge in [0.25, 0.3) is 0 Å². The molecule has 1 aromatic carbocycles. The molecule has 0 bridgehead atoms. The van der Waals surface area contributed by atoms with Crippen molar-refractivity contribution in [3.05, 3.63) is 35.9 Å². The van der Waals surface area contributed by atoms with Crippen LogP contribution in [0.5, 0.6) is 0 Å². The molecule has 2 fully saturated rings. The van der Waals surface area contributed by atoms with Gasteiger partial charge in [-0.2, -0.15) is 0 Å². The van der Waals surface area contributed by atoms with Crippen LogP contribution >= 0.6 is 0 Å². The molecule has 4 heteroatoms. The van der Waals surface area contributed by atoms with Crippen LogP contribution in [-0.4, -0.2) is 34.3 Å². The highest BCUT2D eigenvalue weighted by Gasteiger charge is 2.56. The Bertz CT molecular complexity index is 434. The summed E-state index contributed by atoms with van der Waals surface area (Å²) in [6.45, 7) is 0.297. The van der Waals surface area contributed by atoms with Crippen molar-refractivity contribution < 1.29 is 14.6 Å². The van der Waals surface area contributed by atoms with E-state index in [1.165, 1.54) is 0 Å². The molecule has 1 aliphatic carbocycles. The van der Waals surface area contributed by atoms with Crippen molar-refractivity contribution in [3.8, 4) is 0 Å². The molecule has 0 radical (unpaired) electrons. The molecule has 0 spiro atoms. The van der Waals surface area contributed by atoms with Crippen LogP contribution in [0.25, 0.3) is 0 Å². The van der Waals surface area contributed by atoms with Gasteiger partial charge in [0.2, 0.25) is 0 Å². The normalized spacial score (nSPS) is 29.6. The molecule has 1 aromatic rings. The van der Waals surface area contributed by atoms with E-state index in [0.29, 0.717) is 6.61 Å². The Hall–Kier alpha value is -1.55. The van der Waals surface area contributed by atoms with Gasteiger partial charge in [-0.15, -0.1) is 0 Å². The lowest BCUT2D eigenvalue weighted by Crippen LogP contribution is -2.23. The van der Waals surface area contributed by atoms with Gasteiger partial charge in [0.15, 0.2) is 0 Å². The van der Waals surface area contributed by atoms with Gasteiger partial charge in [0.1, 0.15) is 6.61 Å². The molecule has 1 saturated carbocycles. The fourth-order valence-electron chi connectivity index (χ4n) is 2.81. The summed E-state index contributed by atoms with van der Waals surface area (Å²) in [7, 11) is 0. The SMILES string of the molecule is O=C(OCc1ccccc1)N1[C@@H]2[C@H](O)CCC[C@@H]21. The Morgan fingerprint density at radius 2 is 2.11 bits per heavy atom. The Kier molecular flexibility index (Phi) is 2.96. The summed E-state index contributed by atoms with van der Waals surface area (Å²) < 4.78 is 5.27. The van der Waals surface area contributed by atoms with E-state index in [9.17, 15) is 9.90 Å². The lowest BCUT2D eigenvalue weighted by Gasteiger charge is -2.11. The van der Waals surface area contributed by atoms with E-state index in [1.54, 1.807) is 4.90 Å². The minimum atomic E-state index is -0.368. The van der Waals surface area contributed by atoms with Gasteiger partial charge < -0.3 is 9.84 Å². The number of hydrogen-bond donors (Lipinski definition) is 1. The Morgan fingerprint density at radius 3 is 2.83 bits per heavy atom. The number of rotatable bonds is 2. The van der Waals surface area contributed by atoms with Crippen LogP contribution in [0.4, 0.5) is 4.79 Å². The number of likely N-dealkylation sites (tertiary alicyclic amines) is 1. The smallest absolute Gasteiger partial charge is 0.410 e. The lowest BCUT2D eigenvalue weighted by atomic mass is 9.98. The maximum absolute atomic E-state index is 11.9. The maximum atomic E-state index is 11.9. The number of hydrogen-bond acceptors (Lipinski definition) is 3. The number of ether oxygens (including phenoxy) is 1. The van der Waals surface area contributed by atoms with Crippen molar-refractivity contribution in [1.82, 2.24) is 4.90 Å². The summed E-state index contributed by atoms with van der Waals surface area (Å²) in [6.07, 6.45) is 2.11. The second kappa shape index (κ2) is 4.61. The largest absolute Gasteiger partial charge is 0.445 e. The van der Waals surface area contributed by atoms with E-state index < -0.39 is 0 Å². The van der Waals surface area contributed by atoms with Crippen molar-refractivity contribution >= 4 is 6.09 Å². The number of amides is 1. The van der Waals surface area contributed by atoms with Gasteiger partial charge >= 0.3 is 6.09 Å². The first-order chi connectivity index (χ1) is 8.77. The molecule has 1 heterocycles. The minimum absolute atomic E-state index is 0.00187. The highest BCUT2D eigenvalue weighted by molar-refractivity contribution is 5.72. The molecular formula is C14H17NO3. The maximum Gasteiger partial charge on any atom is 0.410 e. The average Bonchev–Trinajstić information content (AvgIpc) is 3.13. The van der Waals surface area contributed by atoms with E-state index in [0.717, 1.165) is 24.8 Å². The van der Waals surface area contributed by atoms with E-state index in [2.05, 4.69) is 0 Å². The zero-order valence-electron chi connectivity index (χ0n) is 10.2. The minimum Gasteiger partial charge on any atom is -0.445 e. The van der Waals surface area contributed by atoms with E-state index in [-0.39, 0.29) is 24.3 Å². The molecule has 1 saturated heterocycles. The standard InChI is InChI=1S/C14H17NO3/c16-12-8-4-7-11-13(12)15(11)14(17)18-9-10-5-2-1-3-6-10/h1-3,5-6,11-13,16H,4,7-9H2/t11-,12+,13-,15?/m0/s1. The number of benzene rings is 1. The van der Waals surface area contributed by atoms with Gasteiger partial charge in [0.05, 0.1) is 18.2 Å². The second-order valence-corrected chi connectivity index (χ2v) is 5.00. The van der Waals surface area contributed by atoms with Crippen molar-refractivity contribution in [2.45, 2.75) is 44.1 Å². The third kappa shape index (κ3) is 2.08. The molecule has 0 unspecified atom stereocenters. The lowest BCUT2D eigenvalue weighted by molar-refractivity contribution is 0.106. The highest BCUT2D eigenvalue weighted by Crippen LogP contribution is 2.41. The van der Waals surface area contributed by atoms with Crippen LogP contribution in [0.2, 0.25) is 0 Å². The number of nitrogens with zero attached hydrogens (tertiary/aromatic N) is 1. The van der Waals surface area contributed by atoms with E-state index >= 15 is 0 Å². The number of carbonyl (C=O) groups is 1. The summed E-state index contributed by atoms with van der Waals surface area (Å²) in [6, 6.07) is 9.84. The van der Waals surface area contributed by atoms with Crippen LogP contribution in [0, 0.1) is 0 Å². The van der Waals surface area contributed by atoms with Crippen LogP contribution in [0.15, 0.2) is 30.3 Å². The second-order valence-electron chi connectivity index (χ2n) is 5.00. The molecule has 1 aliphatic heterocycles. The molecule has 3 atom stereocenters. The number of carbonyl (C=O) groups excluding carboxylic acids is 1. The van der Waals surface area contributed by atoms with Crippen LogP contribution in [0.1, 0.15) is 24.8 Å². The van der Waals surface area contributed by atoms with Crippen LogP contribution in [-0.2, 0) is 11.3 Å². The molecule has 3 rings (SSSR count). The third-order valence-electron chi connectivity index (χ3n) is 3.79. The topological polar surface area (TPSA) is 49.5 Å². The molecule has 1 amide bonds. The Balaban J connectivity index is 1.54. The number of fused-ring (bicyclic) bond motifs is 1. The van der Waals surface area contributed by atoms with E-state index in [1.807, 2.05) is 30.3 Å².